The summed E-state index contributed by atoms with van der Waals surface area (Å²) in [7, 11) is 0. The van der Waals surface area contributed by atoms with E-state index in [9.17, 15) is 18.0 Å². The molecule has 2 heterocycles. The lowest BCUT2D eigenvalue weighted by atomic mass is 10.3. The first-order valence-corrected chi connectivity index (χ1v) is 6.01. The number of nitrogens with zero attached hydrogens (tertiary/aromatic N) is 2. The SMILES string of the molecule is C[C@H]1C[C@@H](Sc2nccc(C(F)(F)F)n2)C(=O)O1. The third-order valence-electron chi connectivity index (χ3n) is 2.30. The van der Waals surface area contributed by atoms with Crippen LogP contribution in [0.3, 0.4) is 0 Å². The van der Waals surface area contributed by atoms with Gasteiger partial charge in [0, 0.05) is 12.6 Å². The minimum atomic E-state index is -4.51. The molecule has 0 aromatic carbocycles. The van der Waals surface area contributed by atoms with Crippen molar-refractivity contribution in [2.24, 2.45) is 0 Å². The highest BCUT2D eigenvalue weighted by Gasteiger charge is 2.35. The van der Waals surface area contributed by atoms with Crippen LogP contribution in [-0.2, 0) is 15.7 Å². The van der Waals surface area contributed by atoms with Gasteiger partial charge in [-0.05, 0) is 13.0 Å². The first-order valence-electron chi connectivity index (χ1n) is 5.13. The van der Waals surface area contributed by atoms with Crippen molar-refractivity contribution in [3.63, 3.8) is 0 Å². The molecule has 0 aliphatic carbocycles. The van der Waals surface area contributed by atoms with Crippen LogP contribution in [0.2, 0.25) is 0 Å². The van der Waals surface area contributed by atoms with E-state index >= 15 is 0 Å². The summed E-state index contributed by atoms with van der Waals surface area (Å²) in [5.41, 5.74) is -1.01. The van der Waals surface area contributed by atoms with Crippen LogP contribution in [0, 0.1) is 0 Å². The predicted molar refractivity (Wildman–Crippen MR) is 56.9 cm³/mol. The number of hydrogen-bond donors (Lipinski definition) is 0. The zero-order chi connectivity index (χ0) is 13.3. The lowest BCUT2D eigenvalue weighted by molar-refractivity contribution is -0.141. The molecule has 0 radical (unpaired) electrons. The van der Waals surface area contributed by atoms with Crippen molar-refractivity contribution in [1.29, 1.82) is 0 Å². The highest BCUT2D eigenvalue weighted by Crippen LogP contribution is 2.32. The standard InChI is InChI=1S/C10H9F3N2O2S/c1-5-4-6(8(16)17-5)18-9-14-3-2-7(15-9)10(11,12)13/h2-3,5-6H,4H2,1H3/t5-,6+/m0/s1. The second kappa shape index (κ2) is 4.75. The molecular formula is C10H9F3N2O2S. The van der Waals surface area contributed by atoms with Gasteiger partial charge < -0.3 is 4.74 Å². The minimum Gasteiger partial charge on any atom is -0.462 e. The van der Waals surface area contributed by atoms with Crippen LogP contribution in [0.1, 0.15) is 19.0 Å². The highest BCUT2D eigenvalue weighted by molar-refractivity contribution is 8.00. The summed E-state index contributed by atoms with van der Waals surface area (Å²) in [5.74, 6) is -0.437. The fraction of sp³-hybridized carbons (Fsp3) is 0.500. The van der Waals surface area contributed by atoms with Crippen LogP contribution >= 0.6 is 11.8 Å². The molecule has 4 nitrogen and oxygen atoms in total. The maximum atomic E-state index is 12.4. The van der Waals surface area contributed by atoms with Crippen molar-refractivity contribution in [1.82, 2.24) is 9.97 Å². The van der Waals surface area contributed by atoms with Crippen molar-refractivity contribution < 1.29 is 22.7 Å². The van der Waals surface area contributed by atoms with Crippen LogP contribution in [0.4, 0.5) is 13.2 Å². The fourth-order valence-electron chi connectivity index (χ4n) is 1.50. The van der Waals surface area contributed by atoms with Gasteiger partial charge in [0.25, 0.3) is 0 Å². The topological polar surface area (TPSA) is 52.1 Å². The minimum absolute atomic E-state index is 0.0686. The summed E-state index contributed by atoms with van der Waals surface area (Å²) in [6.07, 6.45) is -3.26. The molecule has 1 aliphatic rings. The van der Waals surface area contributed by atoms with Crippen molar-refractivity contribution in [2.45, 2.75) is 36.0 Å². The number of ether oxygens (including phenoxy) is 1. The average Bonchev–Trinajstić information content (AvgIpc) is 2.56. The molecule has 0 bridgehead atoms. The number of esters is 1. The van der Waals surface area contributed by atoms with Gasteiger partial charge in [0.2, 0.25) is 0 Å². The molecule has 2 rings (SSSR count). The Kier molecular flexibility index (Phi) is 3.47. The molecule has 98 valence electrons. The molecule has 0 spiro atoms. The van der Waals surface area contributed by atoms with E-state index in [1.165, 1.54) is 0 Å². The molecule has 0 unspecified atom stereocenters. The summed E-state index contributed by atoms with van der Waals surface area (Å²) in [6.45, 7) is 1.73. The highest BCUT2D eigenvalue weighted by atomic mass is 32.2. The van der Waals surface area contributed by atoms with Gasteiger partial charge in [-0.25, -0.2) is 9.97 Å². The number of rotatable bonds is 2. The van der Waals surface area contributed by atoms with Gasteiger partial charge in [-0.15, -0.1) is 0 Å². The molecular weight excluding hydrogens is 269 g/mol. The van der Waals surface area contributed by atoms with E-state index in [1.54, 1.807) is 6.92 Å². The molecule has 1 saturated heterocycles. The largest absolute Gasteiger partial charge is 0.462 e. The van der Waals surface area contributed by atoms with Crippen LogP contribution in [0.25, 0.3) is 0 Å². The van der Waals surface area contributed by atoms with E-state index in [2.05, 4.69) is 9.97 Å². The lowest BCUT2D eigenvalue weighted by Crippen LogP contribution is -2.12. The van der Waals surface area contributed by atoms with Crippen molar-refractivity contribution in [2.75, 3.05) is 0 Å². The van der Waals surface area contributed by atoms with Gasteiger partial charge in [0.15, 0.2) is 5.16 Å². The fourth-order valence-corrected chi connectivity index (χ4v) is 2.55. The Morgan fingerprint density at radius 2 is 2.22 bits per heavy atom. The Morgan fingerprint density at radius 3 is 2.78 bits per heavy atom. The van der Waals surface area contributed by atoms with Gasteiger partial charge in [-0.3, -0.25) is 4.79 Å². The normalized spacial score (nSPS) is 24.1. The Bertz CT molecular complexity index is 467. The smallest absolute Gasteiger partial charge is 0.433 e. The maximum absolute atomic E-state index is 12.4. The van der Waals surface area contributed by atoms with Gasteiger partial charge in [0.05, 0.1) is 0 Å². The Hall–Kier alpha value is -1.31. The second-order valence-electron chi connectivity index (χ2n) is 3.81. The zero-order valence-electron chi connectivity index (χ0n) is 9.27. The Labute approximate surface area is 105 Å². The van der Waals surface area contributed by atoms with E-state index in [-0.39, 0.29) is 11.3 Å². The number of aromatic nitrogens is 2. The first kappa shape index (κ1) is 13.1. The monoisotopic (exact) mass is 278 g/mol. The number of carbonyl (C=O) groups is 1. The predicted octanol–water partition coefficient (Wildman–Crippen LogP) is 2.29. The third kappa shape index (κ3) is 2.92. The quantitative estimate of drug-likeness (QED) is 0.613. The van der Waals surface area contributed by atoms with E-state index < -0.39 is 23.1 Å². The van der Waals surface area contributed by atoms with Crippen LogP contribution in [-0.4, -0.2) is 27.3 Å². The molecule has 0 N–H and O–H groups in total. The van der Waals surface area contributed by atoms with Crippen LogP contribution < -0.4 is 0 Å². The number of cyclic esters (lactones) is 1. The van der Waals surface area contributed by atoms with Crippen LogP contribution in [0.5, 0.6) is 0 Å². The van der Waals surface area contributed by atoms with E-state index in [0.717, 1.165) is 24.0 Å². The zero-order valence-corrected chi connectivity index (χ0v) is 10.1. The van der Waals surface area contributed by atoms with E-state index in [1.807, 2.05) is 0 Å². The molecule has 1 aromatic rings. The van der Waals surface area contributed by atoms with Crippen LogP contribution in [0.15, 0.2) is 17.4 Å². The molecule has 18 heavy (non-hydrogen) atoms. The molecule has 1 aromatic heterocycles. The number of alkyl halides is 3. The second-order valence-corrected chi connectivity index (χ2v) is 4.98. The van der Waals surface area contributed by atoms with Gasteiger partial charge in [-0.1, -0.05) is 11.8 Å². The van der Waals surface area contributed by atoms with Gasteiger partial charge >= 0.3 is 12.1 Å². The lowest BCUT2D eigenvalue weighted by Gasteiger charge is -2.07. The molecule has 0 saturated carbocycles. The van der Waals surface area contributed by atoms with Gasteiger partial charge in [0.1, 0.15) is 17.0 Å². The number of carbonyl (C=O) groups excluding carboxylic acids is 1. The summed E-state index contributed by atoms with van der Waals surface area (Å²) in [5, 5.41) is -0.607. The number of halogens is 3. The molecule has 0 amide bonds. The average molecular weight is 278 g/mol. The van der Waals surface area contributed by atoms with Gasteiger partial charge in [-0.2, -0.15) is 13.2 Å². The van der Waals surface area contributed by atoms with E-state index in [0.29, 0.717) is 6.42 Å². The molecule has 8 heteroatoms. The maximum Gasteiger partial charge on any atom is 0.433 e. The summed E-state index contributed by atoms with van der Waals surface area (Å²) >= 11 is 0.897. The van der Waals surface area contributed by atoms with Crippen molar-refractivity contribution in [3.8, 4) is 0 Å². The first-order chi connectivity index (χ1) is 8.36. The molecule has 1 aliphatic heterocycles. The Balaban J connectivity index is 2.13. The molecule has 2 atom stereocenters. The Morgan fingerprint density at radius 1 is 1.50 bits per heavy atom. The summed E-state index contributed by atoms with van der Waals surface area (Å²) < 4.78 is 42.2. The summed E-state index contributed by atoms with van der Waals surface area (Å²) in [4.78, 5) is 18.5. The molecule has 1 fully saturated rings. The van der Waals surface area contributed by atoms with E-state index in [4.69, 9.17) is 4.74 Å². The van der Waals surface area contributed by atoms with Crippen molar-refractivity contribution in [3.05, 3.63) is 18.0 Å². The summed E-state index contributed by atoms with van der Waals surface area (Å²) in [6, 6.07) is 0.791. The number of hydrogen-bond acceptors (Lipinski definition) is 5. The third-order valence-corrected chi connectivity index (χ3v) is 3.37. The van der Waals surface area contributed by atoms with Crippen molar-refractivity contribution >= 4 is 17.7 Å². The number of thioether (sulfide) groups is 1.